The normalized spacial score (nSPS) is 19.1. The van der Waals surface area contributed by atoms with Crippen LogP contribution in [0.1, 0.15) is 17.3 Å². The van der Waals surface area contributed by atoms with Gasteiger partial charge < -0.3 is 9.84 Å². The molecule has 0 saturated carbocycles. The Kier molecular flexibility index (Phi) is 4.32. The van der Waals surface area contributed by atoms with Crippen LogP contribution in [0.15, 0.2) is 28.8 Å². The lowest BCUT2D eigenvalue weighted by Gasteiger charge is -2.21. The number of halogens is 1. The standard InChI is InChI=1S/C14H16FN3OS/c15-11-3-1-2-10(6-11)7-13-17-14(19-18-13)8-12-9-20-5-4-16-12/h1-3,6,12,16H,4-5,7-9H2. The molecule has 1 N–H and O–H groups in total. The number of thioether (sulfide) groups is 1. The highest BCUT2D eigenvalue weighted by atomic mass is 32.2. The maximum atomic E-state index is 13.1. The van der Waals surface area contributed by atoms with Crippen LogP contribution in [0.25, 0.3) is 0 Å². The second kappa shape index (κ2) is 6.37. The summed E-state index contributed by atoms with van der Waals surface area (Å²) in [4.78, 5) is 4.38. The van der Waals surface area contributed by atoms with Crippen LogP contribution in [-0.4, -0.2) is 34.2 Å². The lowest BCUT2D eigenvalue weighted by atomic mass is 10.1. The summed E-state index contributed by atoms with van der Waals surface area (Å²) in [5.74, 6) is 3.24. The Morgan fingerprint density at radius 2 is 2.40 bits per heavy atom. The minimum Gasteiger partial charge on any atom is -0.339 e. The van der Waals surface area contributed by atoms with Crippen LogP contribution in [0.5, 0.6) is 0 Å². The molecule has 20 heavy (non-hydrogen) atoms. The Balaban J connectivity index is 1.61. The predicted molar refractivity (Wildman–Crippen MR) is 76.3 cm³/mol. The number of rotatable bonds is 4. The fourth-order valence-electron chi connectivity index (χ4n) is 2.24. The minimum absolute atomic E-state index is 0.241. The molecule has 3 rings (SSSR count). The van der Waals surface area contributed by atoms with Gasteiger partial charge in [0.15, 0.2) is 5.82 Å². The van der Waals surface area contributed by atoms with Crippen LogP contribution in [0, 0.1) is 5.82 Å². The lowest BCUT2D eigenvalue weighted by molar-refractivity contribution is 0.359. The van der Waals surface area contributed by atoms with E-state index in [9.17, 15) is 4.39 Å². The first-order valence-electron chi connectivity index (χ1n) is 6.66. The number of benzene rings is 1. The van der Waals surface area contributed by atoms with Crippen LogP contribution in [-0.2, 0) is 12.8 Å². The van der Waals surface area contributed by atoms with Crippen molar-refractivity contribution in [2.24, 2.45) is 0 Å². The molecule has 1 aromatic carbocycles. The maximum absolute atomic E-state index is 13.1. The highest BCUT2D eigenvalue weighted by Gasteiger charge is 2.17. The summed E-state index contributed by atoms with van der Waals surface area (Å²) in [6.07, 6.45) is 1.25. The molecule has 1 aliphatic heterocycles. The van der Waals surface area contributed by atoms with Crippen LogP contribution in [0.2, 0.25) is 0 Å². The zero-order chi connectivity index (χ0) is 13.8. The molecule has 6 heteroatoms. The van der Waals surface area contributed by atoms with E-state index in [0.717, 1.165) is 30.0 Å². The van der Waals surface area contributed by atoms with E-state index < -0.39 is 0 Å². The van der Waals surface area contributed by atoms with Crippen LogP contribution in [0.4, 0.5) is 4.39 Å². The van der Waals surface area contributed by atoms with E-state index >= 15 is 0 Å². The summed E-state index contributed by atoms with van der Waals surface area (Å²) in [5, 5.41) is 7.40. The SMILES string of the molecule is Fc1cccc(Cc2noc(CC3CSCCN3)n2)c1. The molecule has 1 aromatic heterocycles. The average Bonchev–Trinajstić information content (AvgIpc) is 2.87. The molecule has 1 atom stereocenters. The van der Waals surface area contributed by atoms with Crippen LogP contribution >= 0.6 is 11.8 Å². The third-order valence-corrected chi connectivity index (χ3v) is 4.31. The first kappa shape index (κ1) is 13.6. The molecule has 106 valence electrons. The van der Waals surface area contributed by atoms with E-state index in [1.807, 2.05) is 17.8 Å². The number of nitrogens with one attached hydrogen (secondary N) is 1. The van der Waals surface area contributed by atoms with E-state index in [0.29, 0.717) is 24.2 Å². The molecule has 1 fully saturated rings. The summed E-state index contributed by atoms with van der Waals surface area (Å²) in [7, 11) is 0. The molecule has 0 amide bonds. The topological polar surface area (TPSA) is 51.0 Å². The lowest BCUT2D eigenvalue weighted by Crippen LogP contribution is -2.38. The highest BCUT2D eigenvalue weighted by Crippen LogP contribution is 2.13. The average molecular weight is 293 g/mol. The second-order valence-corrected chi connectivity index (χ2v) is 5.99. The van der Waals surface area contributed by atoms with Gasteiger partial charge >= 0.3 is 0 Å². The zero-order valence-electron chi connectivity index (χ0n) is 11.0. The summed E-state index contributed by atoms with van der Waals surface area (Å²) in [5.41, 5.74) is 0.851. The summed E-state index contributed by atoms with van der Waals surface area (Å²) in [6.45, 7) is 1.03. The van der Waals surface area contributed by atoms with Crippen LogP contribution in [0.3, 0.4) is 0 Å². The van der Waals surface area contributed by atoms with Crippen molar-refractivity contribution < 1.29 is 8.91 Å². The number of hydrogen-bond donors (Lipinski definition) is 1. The van der Waals surface area contributed by atoms with Crippen LogP contribution < -0.4 is 5.32 Å². The molecule has 1 unspecified atom stereocenters. The largest absolute Gasteiger partial charge is 0.339 e. The monoisotopic (exact) mass is 293 g/mol. The fraction of sp³-hybridized carbons (Fsp3) is 0.429. The quantitative estimate of drug-likeness (QED) is 0.935. The molecule has 0 spiro atoms. The van der Waals surface area contributed by atoms with E-state index in [1.54, 1.807) is 6.07 Å². The highest BCUT2D eigenvalue weighted by molar-refractivity contribution is 7.99. The second-order valence-electron chi connectivity index (χ2n) is 4.84. The number of hydrogen-bond acceptors (Lipinski definition) is 5. The molecule has 1 aliphatic rings. The van der Waals surface area contributed by atoms with Crippen molar-refractivity contribution >= 4 is 11.8 Å². The van der Waals surface area contributed by atoms with E-state index in [4.69, 9.17) is 4.52 Å². The number of aromatic nitrogens is 2. The van der Waals surface area contributed by atoms with Gasteiger partial charge in [-0.15, -0.1) is 0 Å². The Labute approximate surface area is 121 Å². The predicted octanol–water partition coefficient (Wildman–Crippen LogP) is 2.05. The van der Waals surface area contributed by atoms with Gasteiger partial charge in [-0.05, 0) is 17.7 Å². The third kappa shape index (κ3) is 3.58. The Bertz CT molecular complexity index is 569. The smallest absolute Gasteiger partial charge is 0.228 e. The molecular formula is C14H16FN3OS. The summed E-state index contributed by atoms with van der Waals surface area (Å²) in [6, 6.07) is 6.87. The fourth-order valence-corrected chi connectivity index (χ4v) is 3.19. The van der Waals surface area contributed by atoms with E-state index in [1.165, 1.54) is 12.1 Å². The van der Waals surface area contributed by atoms with Gasteiger partial charge in [0.2, 0.25) is 5.89 Å². The van der Waals surface area contributed by atoms with Gasteiger partial charge in [-0.25, -0.2) is 4.39 Å². The summed E-state index contributed by atoms with van der Waals surface area (Å²) >= 11 is 1.94. The van der Waals surface area contributed by atoms with Gasteiger partial charge in [0.25, 0.3) is 0 Å². The molecule has 2 heterocycles. The van der Waals surface area contributed by atoms with E-state index in [-0.39, 0.29) is 5.82 Å². The van der Waals surface area contributed by atoms with Crippen molar-refractivity contribution in [3.8, 4) is 0 Å². The van der Waals surface area contributed by atoms with Crippen molar-refractivity contribution in [1.82, 2.24) is 15.5 Å². The first-order chi connectivity index (χ1) is 9.79. The van der Waals surface area contributed by atoms with Gasteiger partial charge in [0, 0.05) is 36.9 Å². The van der Waals surface area contributed by atoms with Gasteiger partial charge in [-0.2, -0.15) is 16.7 Å². The Morgan fingerprint density at radius 1 is 1.45 bits per heavy atom. The van der Waals surface area contributed by atoms with Crippen molar-refractivity contribution in [2.45, 2.75) is 18.9 Å². The molecular weight excluding hydrogens is 277 g/mol. The van der Waals surface area contributed by atoms with Gasteiger partial charge in [0.1, 0.15) is 5.82 Å². The third-order valence-electron chi connectivity index (χ3n) is 3.18. The Hall–Kier alpha value is -1.40. The van der Waals surface area contributed by atoms with Gasteiger partial charge in [0.05, 0.1) is 0 Å². The molecule has 0 bridgehead atoms. The van der Waals surface area contributed by atoms with E-state index in [2.05, 4.69) is 15.5 Å². The maximum Gasteiger partial charge on any atom is 0.228 e. The number of nitrogens with zero attached hydrogens (tertiary/aromatic N) is 2. The Morgan fingerprint density at radius 3 is 3.20 bits per heavy atom. The van der Waals surface area contributed by atoms with Crippen molar-refractivity contribution in [1.29, 1.82) is 0 Å². The summed E-state index contributed by atoms with van der Waals surface area (Å²) < 4.78 is 18.4. The first-order valence-corrected chi connectivity index (χ1v) is 7.82. The molecule has 0 aliphatic carbocycles. The van der Waals surface area contributed by atoms with Gasteiger partial charge in [-0.3, -0.25) is 0 Å². The van der Waals surface area contributed by atoms with Crippen molar-refractivity contribution in [2.75, 3.05) is 18.1 Å². The molecule has 1 saturated heterocycles. The van der Waals surface area contributed by atoms with Gasteiger partial charge in [-0.1, -0.05) is 17.3 Å². The zero-order valence-corrected chi connectivity index (χ0v) is 11.8. The molecule has 0 radical (unpaired) electrons. The van der Waals surface area contributed by atoms with Crippen molar-refractivity contribution in [3.63, 3.8) is 0 Å². The van der Waals surface area contributed by atoms with Crippen molar-refractivity contribution in [3.05, 3.63) is 47.4 Å². The molecule has 2 aromatic rings. The molecule has 4 nitrogen and oxygen atoms in total. The minimum atomic E-state index is -0.241.